The number of anilines is 1. The predicted molar refractivity (Wildman–Crippen MR) is 121 cm³/mol. The number of piperazine rings is 1. The van der Waals surface area contributed by atoms with Gasteiger partial charge < -0.3 is 20.3 Å². The van der Waals surface area contributed by atoms with Crippen molar-refractivity contribution in [3.63, 3.8) is 0 Å². The molecule has 0 saturated carbocycles. The number of ether oxygens (including phenoxy) is 1. The summed E-state index contributed by atoms with van der Waals surface area (Å²) in [7, 11) is 3.41. The van der Waals surface area contributed by atoms with E-state index in [1.165, 1.54) is 12.5 Å². The molecule has 7 nitrogen and oxygen atoms in total. The van der Waals surface area contributed by atoms with Gasteiger partial charge in [-0.2, -0.15) is 0 Å². The second-order valence-corrected chi connectivity index (χ2v) is 7.37. The minimum absolute atomic E-state index is 0.123. The lowest BCUT2D eigenvalue weighted by atomic mass is 10.1. The highest BCUT2D eigenvalue weighted by molar-refractivity contribution is 5.90. The molecule has 160 valence electrons. The topological polar surface area (TPSA) is 69.2 Å². The van der Waals surface area contributed by atoms with Gasteiger partial charge in [-0.15, -0.1) is 0 Å². The van der Waals surface area contributed by atoms with Crippen LogP contribution in [0.2, 0.25) is 0 Å². The number of amides is 1. The van der Waals surface area contributed by atoms with E-state index in [1.807, 2.05) is 25.2 Å². The van der Waals surface area contributed by atoms with E-state index in [-0.39, 0.29) is 5.91 Å². The van der Waals surface area contributed by atoms with E-state index < -0.39 is 0 Å². The van der Waals surface area contributed by atoms with Gasteiger partial charge in [0.1, 0.15) is 5.75 Å². The predicted octanol–water partition coefficient (Wildman–Crippen LogP) is 2.55. The summed E-state index contributed by atoms with van der Waals surface area (Å²) in [5, 5.41) is 6.26. The zero-order valence-corrected chi connectivity index (χ0v) is 18.0. The fraction of sp³-hybridized carbons (Fsp3) is 0.391. The Kier molecular flexibility index (Phi) is 7.68. The summed E-state index contributed by atoms with van der Waals surface area (Å²) < 4.78 is 5.32. The molecule has 2 aromatic carbocycles. The Morgan fingerprint density at radius 1 is 1.07 bits per heavy atom. The number of rotatable bonds is 6. The lowest BCUT2D eigenvalue weighted by molar-refractivity contribution is -0.114. The number of guanidine groups is 1. The van der Waals surface area contributed by atoms with Crippen LogP contribution in [0.5, 0.6) is 5.75 Å². The molecule has 30 heavy (non-hydrogen) atoms. The number of carbonyl (C=O) groups is 1. The largest absolute Gasteiger partial charge is 0.495 e. The van der Waals surface area contributed by atoms with Gasteiger partial charge in [0, 0.05) is 53.2 Å². The maximum atomic E-state index is 11.4. The monoisotopic (exact) mass is 409 g/mol. The van der Waals surface area contributed by atoms with Crippen LogP contribution in [0.1, 0.15) is 18.1 Å². The summed E-state index contributed by atoms with van der Waals surface area (Å²) >= 11 is 0. The molecule has 0 radical (unpaired) electrons. The van der Waals surface area contributed by atoms with E-state index in [9.17, 15) is 4.79 Å². The Labute approximate surface area is 178 Å². The minimum Gasteiger partial charge on any atom is -0.495 e. The highest BCUT2D eigenvalue weighted by atomic mass is 16.5. The minimum atomic E-state index is -0.123. The smallest absolute Gasteiger partial charge is 0.221 e. The van der Waals surface area contributed by atoms with Crippen LogP contribution in [-0.4, -0.2) is 62.0 Å². The highest BCUT2D eigenvalue weighted by Gasteiger charge is 2.19. The van der Waals surface area contributed by atoms with E-state index in [2.05, 4.69) is 55.8 Å². The summed E-state index contributed by atoms with van der Waals surface area (Å²) in [6, 6.07) is 16.4. The standard InChI is InChI=1S/C23H31N5O2/c1-18(29)26-21-15-20(9-10-22(21)30-3)16-25-23(24-2)28-13-11-27(12-14-28)17-19-7-5-4-6-8-19/h4-10,15H,11-14,16-17H2,1-3H3,(H,24,25)(H,26,29). The molecule has 0 spiro atoms. The van der Waals surface area contributed by atoms with Crippen LogP contribution in [0.3, 0.4) is 0 Å². The zero-order valence-electron chi connectivity index (χ0n) is 18.0. The average molecular weight is 410 g/mol. The number of hydrogen-bond donors (Lipinski definition) is 2. The number of nitrogens with one attached hydrogen (secondary N) is 2. The number of methoxy groups -OCH3 is 1. The Morgan fingerprint density at radius 2 is 1.80 bits per heavy atom. The van der Waals surface area contributed by atoms with Gasteiger partial charge in [-0.3, -0.25) is 14.7 Å². The molecule has 2 N–H and O–H groups in total. The Morgan fingerprint density at radius 3 is 2.43 bits per heavy atom. The average Bonchev–Trinajstić information content (AvgIpc) is 2.76. The molecule has 1 saturated heterocycles. The van der Waals surface area contributed by atoms with Crippen molar-refractivity contribution < 1.29 is 9.53 Å². The summed E-state index contributed by atoms with van der Waals surface area (Å²) in [6.07, 6.45) is 0. The van der Waals surface area contributed by atoms with Gasteiger partial charge in [-0.25, -0.2) is 0 Å². The Hall–Kier alpha value is -3.06. The lowest BCUT2D eigenvalue weighted by Crippen LogP contribution is -2.52. The Bertz CT molecular complexity index is 861. The fourth-order valence-electron chi connectivity index (χ4n) is 3.63. The van der Waals surface area contributed by atoms with Crippen molar-refractivity contribution in [2.24, 2.45) is 4.99 Å². The second-order valence-electron chi connectivity index (χ2n) is 7.37. The molecule has 0 atom stereocenters. The first-order chi connectivity index (χ1) is 14.6. The lowest BCUT2D eigenvalue weighted by Gasteiger charge is -2.36. The van der Waals surface area contributed by atoms with Crippen LogP contribution in [-0.2, 0) is 17.9 Å². The molecule has 1 amide bonds. The van der Waals surface area contributed by atoms with E-state index in [4.69, 9.17) is 4.74 Å². The van der Waals surface area contributed by atoms with Gasteiger partial charge in [0.2, 0.25) is 5.91 Å². The quantitative estimate of drug-likeness (QED) is 0.567. The summed E-state index contributed by atoms with van der Waals surface area (Å²) in [6.45, 7) is 6.98. The van der Waals surface area contributed by atoms with Crippen LogP contribution < -0.4 is 15.4 Å². The number of hydrogen-bond acceptors (Lipinski definition) is 4. The van der Waals surface area contributed by atoms with E-state index in [1.54, 1.807) is 7.11 Å². The van der Waals surface area contributed by atoms with Crippen LogP contribution in [0.15, 0.2) is 53.5 Å². The van der Waals surface area contributed by atoms with Crippen molar-refractivity contribution in [1.82, 2.24) is 15.1 Å². The van der Waals surface area contributed by atoms with Gasteiger partial charge in [0.15, 0.2) is 5.96 Å². The van der Waals surface area contributed by atoms with Crippen LogP contribution >= 0.6 is 0 Å². The van der Waals surface area contributed by atoms with Crippen LogP contribution in [0.4, 0.5) is 5.69 Å². The summed E-state index contributed by atoms with van der Waals surface area (Å²) in [5.74, 6) is 1.42. The second kappa shape index (κ2) is 10.6. The first-order valence-corrected chi connectivity index (χ1v) is 10.3. The summed E-state index contributed by atoms with van der Waals surface area (Å²) in [5.41, 5.74) is 3.07. The van der Waals surface area contributed by atoms with Gasteiger partial charge in [-0.05, 0) is 23.3 Å². The van der Waals surface area contributed by atoms with Crippen LogP contribution in [0.25, 0.3) is 0 Å². The van der Waals surface area contributed by atoms with Gasteiger partial charge in [0.05, 0.1) is 12.8 Å². The molecule has 1 fully saturated rings. The van der Waals surface area contributed by atoms with Gasteiger partial charge >= 0.3 is 0 Å². The van der Waals surface area contributed by atoms with E-state index >= 15 is 0 Å². The van der Waals surface area contributed by atoms with Crippen molar-refractivity contribution in [2.75, 3.05) is 45.7 Å². The van der Waals surface area contributed by atoms with Crippen molar-refractivity contribution in [2.45, 2.75) is 20.0 Å². The third-order valence-electron chi connectivity index (χ3n) is 5.16. The normalized spacial score (nSPS) is 15.0. The van der Waals surface area contributed by atoms with Gasteiger partial charge in [0.25, 0.3) is 0 Å². The molecule has 1 aliphatic heterocycles. The molecule has 0 aromatic heterocycles. The molecular weight excluding hydrogens is 378 g/mol. The maximum absolute atomic E-state index is 11.4. The highest BCUT2D eigenvalue weighted by Crippen LogP contribution is 2.25. The SMILES string of the molecule is CN=C(NCc1ccc(OC)c(NC(C)=O)c1)N1CCN(Cc2ccccc2)CC1. The number of aliphatic imine (C=N–C) groups is 1. The first kappa shape index (κ1) is 21.6. The third-order valence-corrected chi connectivity index (χ3v) is 5.16. The molecular formula is C23H31N5O2. The summed E-state index contributed by atoms with van der Waals surface area (Å²) in [4.78, 5) is 20.7. The van der Waals surface area contributed by atoms with Crippen molar-refractivity contribution in [1.29, 1.82) is 0 Å². The zero-order chi connectivity index (χ0) is 21.3. The van der Waals surface area contributed by atoms with E-state index in [0.29, 0.717) is 18.0 Å². The Balaban J connectivity index is 1.53. The maximum Gasteiger partial charge on any atom is 0.221 e. The number of carbonyl (C=O) groups excluding carboxylic acids is 1. The van der Waals surface area contributed by atoms with E-state index in [0.717, 1.165) is 44.2 Å². The molecule has 0 aliphatic carbocycles. The van der Waals surface area contributed by atoms with Gasteiger partial charge in [-0.1, -0.05) is 36.4 Å². The molecule has 1 aliphatic rings. The number of nitrogens with zero attached hydrogens (tertiary/aromatic N) is 3. The molecule has 3 rings (SSSR count). The fourth-order valence-corrected chi connectivity index (χ4v) is 3.63. The molecule has 0 bridgehead atoms. The van der Waals surface area contributed by atoms with Crippen molar-refractivity contribution in [3.05, 3.63) is 59.7 Å². The third kappa shape index (κ3) is 5.97. The molecule has 0 unspecified atom stereocenters. The van der Waals surface area contributed by atoms with Crippen LogP contribution in [0, 0.1) is 0 Å². The molecule has 1 heterocycles. The molecule has 7 heteroatoms. The van der Waals surface area contributed by atoms with Crippen molar-refractivity contribution >= 4 is 17.6 Å². The number of benzene rings is 2. The van der Waals surface area contributed by atoms with Crippen molar-refractivity contribution in [3.8, 4) is 5.75 Å². The molecule has 2 aromatic rings. The first-order valence-electron chi connectivity index (χ1n) is 10.3.